The van der Waals surface area contributed by atoms with Crippen molar-refractivity contribution in [1.82, 2.24) is 4.90 Å². The van der Waals surface area contributed by atoms with Gasteiger partial charge in [-0.25, -0.2) is 9.59 Å². The Kier molecular flexibility index (Phi) is 4.53. The van der Waals surface area contributed by atoms with Crippen LogP contribution in [0.15, 0.2) is 30.3 Å². The van der Waals surface area contributed by atoms with Gasteiger partial charge in [0.15, 0.2) is 5.54 Å². The van der Waals surface area contributed by atoms with Crippen LogP contribution in [-0.2, 0) is 16.1 Å². The first-order valence-electron chi connectivity index (χ1n) is 7.90. The molecule has 3 rings (SSSR count). The number of ether oxygens (including phenoxy) is 1. The van der Waals surface area contributed by atoms with E-state index >= 15 is 0 Å². The lowest BCUT2D eigenvalue weighted by Crippen LogP contribution is -2.61. The number of carboxylic acids is 1. The summed E-state index contributed by atoms with van der Waals surface area (Å²) in [7, 11) is 0. The maximum absolute atomic E-state index is 12.7. The summed E-state index contributed by atoms with van der Waals surface area (Å²) in [6.45, 7) is 2.06. The van der Waals surface area contributed by atoms with Crippen LogP contribution in [0.25, 0.3) is 0 Å². The summed E-state index contributed by atoms with van der Waals surface area (Å²) in [6.07, 6.45) is 1.68. The molecule has 1 aromatic carbocycles. The predicted octanol–water partition coefficient (Wildman–Crippen LogP) is 3.14. The number of hydrogen-bond donors (Lipinski definition) is 1. The molecule has 0 radical (unpaired) electrons. The van der Waals surface area contributed by atoms with Gasteiger partial charge in [0.25, 0.3) is 0 Å². The molecular formula is C17H21NO4S. The van der Waals surface area contributed by atoms with Crippen LogP contribution in [-0.4, -0.2) is 44.7 Å². The molecule has 1 aliphatic heterocycles. The fraction of sp³-hybridized carbons (Fsp3) is 0.529. The van der Waals surface area contributed by atoms with Crippen molar-refractivity contribution in [1.29, 1.82) is 0 Å². The van der Waals surface area contributed by atoms with Crippen molar-refractivity contribution in [2.75, 3.05) is 5.75 Å². The molecule has 5 nitrogen and oxygen atoms in total. The third-order valence-corrected chi connectivity index (χ3v) is 5.97. The molecule has 1 saturated heterocycles. The van der Waals surface area contributed by atoms with Crippen molar-refractivity contribution in [3.8, 4) is 0 Å². The molecule has 1 N–H and O–H groups in total. The summed E-state index contributed by atoms with van der Waals surface area (Å²) < 4.78 is 5.44. The fourth-order valence-corrected chi connectivity index (χ4v) is 4.58. The van der Waals surface area contributed by atoms with Crippen molar-refractivity contribution in [3.05, 3.63) is 35.9 Å². The van der Waals surface area contributed by atoms with E-state index in [1.807, 2.05) is 37.3 Å². The summed E-state index contributed by atoms with van der Waals surface area (Å²) >= 11 is 1.61. The number of thioether (sulfide) groups is 1. The van der Waals surface area contributed by atoms with Crippen LogP contribution in [0.3, 0.4) is 0 Å². The van der Waals surface area contributed by atoms with Crippen LogP contribution in [0.2, 0.25) is 0 Å². The average Bonchev–Trinajstić information content (AvgIpc) is 3.29. The molecule has 6 heteroatoms. The molecule has 1 saturated carbocycles. The number of nitrogens with zero attached hydrogens (tertiary/aromatic N) is 1. The van der Waals surface area contributed by atoms with Gasteiger partial charge in [0, 0.05) is 11.3 Å². The van der Waals surface area contributed by atoms with E-state index in [2.05, 4.69) is 0 Å². The summed E-state index contributed by atoms with van der Waals surface area (Å²) in [5.41, 5.74) is -0.241. The Morgan fingerprint density at radius 2 is 2.04 bits per heavy atom. The SMILES string of the molecule is CC1SCCC1(C(=O)O)N(C(=O)OCc1ccccc1)C1CC1. The van der Waals surface area contributed by atoms with E-state index in [1.54, 1.807) is 11.8 Å². The highest BCUT2D eigenvalue weighted by Gasteiger charge is 2.58. The van der Waals surface area contributed by atoms with E-state index in [-0.39, 0.29) is 17.9 Å². The number of carbonyl (C=O) groups is 2. The number of hydrogen-bond acceptors (Lipinski definition) is 4. The number of amides is 1. The molecule has 2 atom stereocenters. The van der Waals surface area contributed by atoms with Gasteiger partial charge in [0.1, 0.15) is 6.61 Å². The van der Waals surface area contributed by atoms with E-state index in [4.69, 9.17) is 4.74 Å². The maximum Gasteiger partial charge on any atom is 0.411 e. The molecule has 0 spiro atoms. The Bertz CT molecular complexity index is 590. The summed E-state index contributed by atoms with van der Waals surface area (Å²) in [5.74, 6) is -0.165. The predicted molar refractivity (Wildman–Crippen MR) is 88.4 cm³/mol. The minimum Gasteiger partial charge on any atom is -0.479 e. The number of rotatable bonds is 5. The van der Waals surface area contributed by atoms with Gasteiger partial charge >= 0.3 is 12.1 Å². The van der Waals surface area contributed by atoms with Gasteiger partial charge in [-0.2, -0.15) is 11.8 Å². The first kappa shape index (κ1) is 16.2. The van der Waals surface area contributed by atoms with Crippen LogP contribution >= 0.6 is 11.8 Å². The van der Waals surface area contributed by atoms with Crippen molar-refractivity contribution in [2.24, 2.45) is 0 Å². The van der Waals surface area contributed by atoms with Crippen LogP contribution in [0, 0.1) is 0 Å². The fourth-order valence-electron chi connectivity index (χ4n) is 3.19. The lowest BCUT2D eigenvalue weighted by molar-refractivity contribution is -0.150. The lowest BCUT2D eigenvalue weighted by atomic mass is 9.90. The molecule has 23 heavy (non-hydrogen) atoms. The Hall–Kier alpha value is -1.69. The highest BCUT2D eigenvalue weighted by molar-refractivity contribution is 8.00. The monoisotopic (exact) mass is 335 g/mol. The molecule has 0 bridgehead atoms. The zero-order valence-electron chi connectivity index (χ0n) is 13.1. The smallest absolute Gasteiger partial charge is 0.411 e. The second kappa shape index (κ2) is 6.43. The molecule has 124 valence electrons. The quantitative estimate of drug-likeness (QED) is 0.895. The van der Waals surface area contributed by atoms with Gasteiger partial charge in [-0.1, -0.05) is 37.3 Å². The maximum atomic E-state index is 12.7. The zero-order chi connectivity index (χ0) is 16.4. The Morgan fingerprint density at radius 1 is 1.35 bits per heavy atom. The van der Waals surface area contributed by atoms with Crippen LogP contribution < -0.4 is 0 Å². The van der Waals surface area contributed by atoms with E-state index in [0.29, 0.717) is 6.42 Å². The molecule has 0 aromatic heterocycles. The van der Waals surface area contributed by atoms with E-state index in [1.165, 1.54) is 4.90 Å². The summed E-state index contributed by atoms with van der Waals surface area (Å²) in [6, 6.07) is 9.44. The second-order valence-corrected chi connectivity index (χ2v) is 7.58. The molecule has 1 heterocycles. The largest absolute Gasteiger partial charge is 0.479 e. The Balaban J connectivity index is 1.78. The van der Waals surface area contributed by atoms with Crippen LogP contribution in [0.4, 0.5) is 4.79 Å². The van der Waals surface area contributed by atoms with Crippen molar-refractivity contribution < 1.29 is 19.4 Å². The van der Waals surface area contributed by atoms with Crippen LogP contribution in [0.5, 0.6) is 0 Å². The lowest BCUT2D eigenvalue weighted by Gasteiger charge is -2.39. The molecule has 2 aliphatic rings. The van der Waals surface area contributed by atoms with Gasteiger partial charge in [-0.05, 0) is 30.6 Å². The number of carboxylic acid groups (broad SMARTS) is 1. The second-order valence-electron chi connectivity index (χ2n) is 6.13. The first-order chi connectivity index (χ1) is 11.1. The van der Waals surface area contributed by atoms with Crippen LogP contribution in [0.1, 0.15) is 31.7 Å². The summed E-state index contributed by atoms with van der Waals surface area (Å²) in [4.78, 5) is 26.2. The number of aliphatic carboxylic acids is 1. The third-order valence-electron chi connectivity index (χ3n) is 4.64. The average molecular weight is 335 g/mol. The number of carbonyl (C=O) groups excluding carboxylic acids is 1. The van der Waals surface area contributed by atoms with Crippen molar-refractivity contribution >= 4 is 23.8 Å². The Labute approximate surface area is 140 Å². The minimum absolute atomic E-state index is 0.00415. The van der Waals surface area contributed by atoms with Gasteiger partial charge < -0.3 is 9.84 Å². The minimum atomic E-state index is -1.14. The number of benzene rings is 1. The highest BCUT2D eigenvalue weighted by Crippen LogP contribution is 2.45. The van der Waals surface area contributed by atoms with Crippen molar-refractivity contribution in [2.45, 2.75) is 49.6 Å². The van der Waals surface area contributed by atoms with E-state index in [0.717, 1.165) is 24.2 Å². The molecular weight excluding hydrogens is 314 g/mol. The van der Waals surface area contributed by atoms with Crippen molar-refractivity contribution in [3.63, 3.8) is 0 Å². The normalized spacial score (nSPS) is 26.7. The van der Waals surface area contributed by atoms with E-state index in [9.17, 15) is 14.7 Å². The van der Waals surface area contributed by atoms with Gasteiger partial charge in [-0.15, -0.1) is 0 Å². The van der Waals surface area contributed by atoms with E-state index < -0.39 is 17.6 Å². The molecule has 1 amide bonds. The molecule has 2 unspecified atom stereocenters. The zero-order valence-corrected chi connectivity index (χ0v) is 13.9. The highest BCUT2D eigenvalue weighted by atomic mass is 32.2. The topological polar surface area (TPSA) is 66.8 Å². The van der Waals surface area contributed by atoms with Gasteiger partial charge in [0.2, 0.25) is 0 Å². The molecule has 1 aliphatic carbocycles. The first-order valence-corrected chi connectivity index (χ1v) is 8.95. The van der Waals surface area contributed by atoms with Gasteiger partial charge in [0.05, 0.1) is 0 Å². The standard InChI is InChI=1S/C17H21NO4S/c1-12-17(15(19)20,9-10-23-12)18(14-7-8-14)16(21)22-11-13-5-3-2-4-6-13/h2-6,12,14H,7-11H2,1H3,(H,19,20). The molecule has 2 fully saturated rings. The van der Waals surface area contributed by atoms with Gasteiger partial charge in [-0.3, -0.25) is 4.90 Å². The third kappa shape index (κ3) is 3.04. The summed E-state index contributed by atoms with van der Waals surface area (Å²) in [5, 5.41) is 9.72. The Morgan fingerprint density at radius 3 is 2.57 bits per heavy atom. The molecule has 1 aromatic rings.